The number of anilines is 1. The van der Waals surface area contributed by atoms with Gasteiger partial charge in [-0.1, -0.05) is 60.4 Å². The number of nitrogens with zero attached hydrogens (tertiary/aromatic N) is 5. The molecular formula is C27H29N5O3S2. The molecule has 1 aromatic carbocycles. The summed E-state index contributed by atoms with van der Waals surface area (Å²) in [4.78, 5) is 38.6. The molecule has 5 rings (SSSR count). The van der Waals surface area contributed by atoms with Crippen LogP contribution in [0.2, 0.25) is 0 Å². The molecule has 37 heavy (non-hydrogen) atoms. The second-order valence-corrected chi connectivity index (χ2v) is 10.9. The number of thiocarbonyl (C=S) groups is 1. The minimum absolute atomic E-state index is 0.114. The number of rotatable bonds is 6. The first-order chi connectivity index (χ1) is 17.9. The number of fused-ring (bicyclic) bond motifs is 1. The molecule has 0 aliphatic carbocycles. The highest BCUT2D eigenvalue weighted by Crippen LogP contribution is 2.38. The van der Waals surface area contributed by atoms with E-state index < -0.39 is 0 Å². The van der Waals surface area contributed by atoms with Crippen LogP contribution in [-0.2, 0) is 4.79 Å². The number of carbonyl (C=O) groups excluding carboxylic acids is 1. The van der Waals surface area contributed by atoms with Gasteiger partial charge in [0.1, 0.15) is 15.8 Å². The summed E-state index contributed by atoms with van der Waals surface area (Å²) in [5, 5.41) is 9.30. The minimum Gasteiger partial charge on any atom is -0.395 e. The van der Waals surface area contributed by atoms with Crippen LogP contribution >= 0.6 is 24.0 Å². The van der Waals surface area contributed by atoms with Crippen LogP contribution < -0.4 is 10.5 Å². The molecule has 0 radical (unpaired) electrons. The van der Waals surface area contributed by atoms with Gasteiger partial charge in [-0.25, -0.2) is 4.98 Å². The molecule has 0 saturated carbocycles. The second kappa shape index (κ2) is 10.7. The van der Waals surface area contributed by atoms with Crippen LogP contribution in [0.1, 0.15) is 29.7 Å². The van der Waals surface area contributed by atoms with Crippen LogP contribution in [-0.4, -0.2) is 73.8 Å². The van der Waals surface area contributed by atoms with Gasteiger partial charge in [-0.15, -0.1) is 0 Å². The van der Waals surface area contributed by atoms with Crippen LogP contribution in [0.25, 0.3) is 11.7 Å². The van der Waals surface area contributed by atoms with E-state index in [1.54, 1.807) is 21.6 Å². The lowest BCUT2D eigenvalue weighted by Crippen LogP contribution is -2.48. The molecular weight excluding hydrogens is 506 g/mol. The number of amides is 1. The summed E-state index contributed by atoms with van der Waals surface area (Å²) in [5.74, 6) is 0.364. The van der Waals surface area contributed by atoms with E-state index in [4.69, 9.17) is 17.2 Å². The first-order valence-electron chi connectivity index (χ1n) is 12.3. The Morgan fingerprint density at radius 1 is 1.11 bits per heavy atom. The number of carbonyl (C=O) groups is 1. The quantitative estimate of drug-likeness (QED) is 0.381. The van der Waals surface area contributed by atoms with E-state index in [1.165, 1.54) is 11.8 Å². The SMILES string of the molecule is Cc1cccn2c(=O)c(C=C3SC(=S)N(C(C)c4ccccc4)C3=O)c(N3CCN(CCO)CC3)nc12. The Hall–Kier alpha value is -3.05. The third-order valence-corrected chi connectivity index (χ3v) is 8.25. The molecule has 192 valence electrons. The Balaban J connectivity index is 1.56. The van der Waals surface area contributed by atoms with Gasteiger partial charge in [-0.05, 0) is 37.1 Å². The standard InChI is InChI=1S/C27H29N5O3S2/c1-18-7-6-10-31-23(18)28-24(30-13-11-29(12-14-30)15-16-33)21(25(31)34)17-22-26(35)32(27(36)37-22)19(2)20-8-4-3-5-9-20/h3-10,17,19,33H,11-16H2,1-2H3. The highest BCUT2D eigenvalue weighted by Gasteiger charge is 2.36. The maximum Gasteiger partial charge on any atom is 0.267 e. The van der Waals surface area contributed by atoms with E-state index >= 15 is 0 Å². The number of benzene rings is 1. The predicted molar refractivity (Wildman–Crippen MR) is 152 cm³/mol. The van der Waals surface area contributed by atoms with Crippen molar-refractivity contribution in [2.45, 2.75) is 19.9 Å². The fourth-order valence-electron chi connectivity index (χ4n) is 4.82. The normalized spacial score (nSPS) is 18.8. The smallest absolute Gasteiger partial charge is 0.267 e. The van der Waals surface area contributed by atoms with Gasteiger partial charge in [-0.3, -0.25) is 23.8 Å². The monoisotopic (exact) mass is 535 g/mol. The third kappa shape index (κ3) is 4.94. The van der Waals surface area contributed by atoms with Gasteiger partial charge in [0.05, 0.1) is 23.1 Å². The molecule has 3 aromatic rings. The number of aliphatic hydroxyl groups excluding tert-OH is 1. The van der Waals surface area contributed by atoms with E-state index in [0.717, 1.165) is 24.2 Å². The van der Waals surface area contributed by atoms with Crippen molar-refractivity contribution >= 4 is 51.7 Å². The average molecular weight is 536 g/mol. The van der Waals surface area contributed by atoms with E-state index in [9.17, 15) is 14.7 Å². The summed E-state index contributed by atoms with van der Waals surface area (Å²) >= 11 is 6.82. The molecule has 2 aliphatic heterocycles. The number of thioether (sulfide) groups is 1. The first kappa shape index (κ1) is 25.6. The zero-order chi connectivity index (χ0) is 26.1. The van der Waals surface area contributed by atoms with Crippen molar-refractivity contribution in [1.82, 2.24) is 19.2 Å². The Morgan fingerprint density at radius 2 is 1.84 bits per heavy atom. The number of aromatic nitrogens is 2. The fraction of sp³-hybridized carbons (Fsp3) is 0.333. The first-order valence-corrected chi connectivity index (χ1v) is 13.5. The van der Waals surface area contributed by atoms with Crippen LogP contribution in [0.15, 0.2) is 58.4 Å². The lowest BCUT2D eigenvalue weighted by Gasteiger charge is -2.35. The molecule has 0 bridgehead atoms. The van der Waals surface area contributed by atoms with Gasteiger partial charge in [-0.2, -0.15) is 0 Å². The topological polar surface area (TPSA) is 81.4 Å². The van der Waals surface area contributed by atoms with E-state index in [2.05, 4.69) is 9.80 Å². The molecule has 2 aliphatic rings. The van der Waals surface area contributed by atoms with Crippen LogP contribution in [0.4, 0.5) is 5.82 Å². The largest absolute Gasteiger partial charge is 0.395 e. The summed E-state index contributed by atoms with van der Waals surface area (Å²) < 4.78 is 2.01. The summed E-state index contributed by atoms with van der Waals surface area (Å²) in [5.41, 5.74) is 2.65. The van der Waals surface area contributed by atoms with Crippen molar-refractivity contribution in [2.24, 2.45) is 0 Å². The molecule has 8 nitrogen and oxygen atoms in total. The summed E-state index contributed by atoms with van der Waals surface area (Å²) in [6.07, 6.45) is 3.37. The number of aliphatic hydroxyl groups is 1. The molecule has 1 amide bonds. The van der Waals surface area contributed by atoms with Crippen LogP contribution in [0.3, 0.4) is 0 Å². The summed E-state index contributed by atoms with van der Waals surface area (Å²) in [6, 6.07) is 13.3. The number of hydrogen-bond acceptors (Lipinski definition) is 8. The average Bonchev–Trinajstić information content (AvgIpc) is 3.19. The molecule has 2 fully saturated rings. The number of pyridine rings is 1. The second-order valence-electron chi connectivity index (χ2n) is 9.23. The number of aryl methyl sites for hydroxylation is 1. The Morgan fingerprint density at radius 3 is 2.54 bits per heavy atom. The Labute approximate surface area is 225 Å². The maximum absolute atomic E-state index is 13.8. The predicted octanol–water partition coefficient (Wildman–Crippen LogP) is 3.08. The Kier molecular flexibility index (Phi) is 7.43. The van der Waals surface area contributed by atoms with Crippen molar-refractivity contribution < 1.29 is 9.90 Å². The number of piperazine rings is 1. The lowest BCUT2D eigenvalue weighted by atomic mass is 10.1. The van der Waals surface area contributed by atoms with Crippen LogP contribution in [0.5, 0.6) is 0 Å². The lowest BCUT2D eigenvalue weighted by molar-refractivity contribution is -0.123. The molecule has 0 spiro atoms. The molecule has 4 heterocycles. The highest BCUT2D eigenvalue weighted by atomic mass is 32.2. The van der Waals surface area contributed by atoms with Crippen molar-refractivity contribution in [3.63, 3.8) is 0 Å². The zero-order valence-corrected chi connectivity index (χ0v) is 22.5. The van der Waals surface area contributed by atoms with Crippen molar-refractivity contribution in [2.75, 3.05) is 44.2 Å². The summed E-state index contributed by atoms with van der Waals surface area (Å²) in [6.45, 7) is 7.47. The molecule has 2 aromatic heterocycles. The van der Waals surface area contributed by atoms with E-state index in [1.807, 2.05) is 56.3 Å². The van der Waals surface area contributed by atoms with Gasteiger partial charge in [0.2, 0.25) is 0 Å². The van der Waals surface area contributed by atoms with Crippen molar-refractivity contribution in [1.29, 1.82) is 0 Å². The van der Waals surface area contributed by atoms with Gasteiger partial charge >= 0.3 is 0 Å². The molecule has 2 saturated heterocycles. The molecule has 1 unspecified atom stereocenters. The van der Waals surface area contributed by atoms with Crippen molar-refractivity contribution in [3.05, 3.63) is 80.6 Å². The molecule has 1 N–H and O–H groups in total. The summed E-state index contributed by atoms with van der Waals surface area (Å²) in [7, 11) is 0. The maximum atomic E-state index is 13.8. The molecule has 1 atom stereocenters. The third-order valence-electron chi connectivity index (χ3n) is 6.92. The van der Waals surface area contributed by atoms with Gasteiger partial charge in [0, 0.05) is 38.9 Å². The van der Waals surface area contributed by atoms with E-state index in [-0.39, 0.29) is 24.1 Å². The highest BCUT2D eigenvalue weighted by molar-refractivity contribution is 8.26. The van der Waals surface area contributed by atoms with Crippen LogP contribution in [0, 0.1) is 6.92 Å². The van der Waals surface area contributed by atoms with Gasteiger partial charge in [0.25, 0.3) is 11.5 Å². The fourth-order valence-corrected chi connectivity index (χ4v) is 6.22. The Bertz CT molecular complexity index is 1430. The van der Waals surface area contributed by atoms with Crippen molar-refractivity contribution in [3.8, 4) is 0 Å². The number of hydrogen-bond donors (Lipinski definition) is 1. The number of β-amino-alcohol motifs (C(OH)–C–C–N with tert-alkyl or cyclic N) is 1. The zero-order valence-electron chi connectivity index (χ0n) is 20.8. The minimum atomic E-state index is -0.225. The van der Waals surface area contributed by atoms with Gasteiger partial charge in [0.15, 0.2) is 0 Å². The van der Waals surface area contributed by atoms with E-state index in [0.29, 0.717) is 45.9 Å². The molecule has 10 heteroatoms. The van der Waals surface area contributed by atoms with Gasteiger partial charge < -0.3 is 10.0 Å².